The molecule has 180 valence electrons. The second-order valence-corrected chi connectivity index (χ2v) is 9.16. The molecule has 0 radical (unpaired) electrons. The van der Waals surface area contributed by atoms with Crippen molar-refractivity contribution in [3.63, 3.8) is 0 Å². The number of phenolic OH excluding ortho intramolecular Hbond substituents is 3. The Morgan fingerprint density at radius 3 is 1.91 bits per heavy atom. The van der Waals surface area contributed by atoms with E-state index in [1.165, 1.54) is 30.3 Å². The van der Waals surface area contributed by atoms with Crippen molar-refractivity contribution in [3.05, 3.63) is 63.6 Å². The third kappa shape index (κ3) is 6.79. The van der Waals surface area contributed by atoms with E-state index in [4.69, 9.17) is 31.8 Å². The third-order valence-electron chi connectivity index (χ3n) is 4.45. The number of aromatic hydroxyl groups is 3. The zero-order valence-electron chi connectivity index (χ0n) is 19.1. The maximum Gasteiger partial charge on any atom is 0.342 e. The lowest BCUT2D eigenvalue weighted by molar-refractivity contribution is 0.00668. The lowest BCUT2D eigenvalue weighted by atomic mass is 9.99. The van der Waals surface area contributed by atoms with E-state index >= 15 is 0 Å². The molecule has 3 aromatic carbocycles. The Bertz CT molecular complexity index is 1340. The number of nitrogens with two attached hydrogens (primary N) is 2. The topological polar surface area (TPSA) is 187 Å². The van der Waals surface area contributed by atoms with Gasteiger partial charge < -0.3 is 31.5 Å². The molecule has 0 aliphatic carbocycles. The average Bonchev–Trinajstić information content (AvgIpc) is 2.77. The number of carbonyl (C=O) groups is 1. The van der Waals surface area contributed by atoms with E-state index < -0.39 is 11.6 Å². The van der Waals surface area contributed by atoms with Crippen LogP contribution in [0.4, 0.5) is 11.4 Å². The minimum Gasteiger partial charge on any atom is -0.507 e. The highest BCUT2D eigenvalue weighted by Gasteiger charge is 2.21. The Morgan fingerprint density at radius 1 is 0.886 bits per heavy atom. The molecular weight excluding hydrogens is 516 g/mol. The van der Waals surface area contributed by atoms with Gasteiger partial charge in [0.1, 0.15) is 28.4 Å². The van der Waals surface area contributed by atoms with E-state index in [0.29, 0.717) is 21.2 Å². The summed E-state index contributed by atoms with van der Waals surface area (Å²) in [6.45, 7) is 5.19. The number of ether oxygens (including phenoxy) is 1. The summed E-state index contributed by atoms with van der Waals surface area (Å²) >= 11 is 3.10. The average molecular weight is 539 g/mol. The Hall–Kier alpha value is -4.41. The molecule has 0 atom stereocenters. The predicted octanol–water partition coefficient (Wildman–Crippen LogP) is 4.78. The van der Waals surface area contributed by atoms with Gasteiger partial charge in [-0.3, -0.25) is 0 Å². The molecule has 0 fully saturated rings. The first-order valence-corrected chi connectivity index (χ1v) is 10.8. The van der Waals surface area contributed by atoms with Crippen molar-refractivity contribution in [2.24, 2.45) is 0 Å². The molecule has 0 spiro atoms. The summed E-state index contributed by atoms with van der Waals surface area (Å²) in [6.07, 6.45) is 0. The highest BCUT2D eigenvalue weighted by Crippen LogP contribution is 2.36. The number of phenols is 3. The fourth-order valence-electron chi connectivity index (χ4n) is 2.81. The molecule has 3 rings (SSSR count). The van der Waals surface area contributed by atoms with Crippen LogP contribution in [-0.4, -0.2) is 26.9 Å². The van der Waals surface area contributed by atoms with Gasteiger partial charge >= 0.3 is 5.97 Å². The van der Waals surface area contributed by atoms with Crippen LogP contribution in [0.3, 0.4) is 0 Å². The molecule has 0 heterocycles. The molecular formula is C25H23BrN4O5. The van der Waals surface area contributed by atoms with Crippen molar-refractivity contribution in [2.75, 3.05) is 11.5 Å². The molecule has 0 saturated heterocycles. The molecule has 35 heavy (non-hydrogen) atoms. The molecule has 9 nitrogen and oxygen atoms in total. The summed E-state index contributed by atoms with van der Waals surface area (Å²) in [5, 5.41) is 46.5. The molecule has 0 aliphatic rings. The van der Waals surface area contributed by atoms with Crippen LogP contribution in [-0.2, 0) is 4.74 Å². The van der Waals surface area contributed by atoms with Gasteiger partial charge in [-0.2, -0.15) is 10.5 Å². The number of carbonyl (C=O) groups excluding carboxylic acids is 1. The number of hydrogen-bond acceptors (Lipinski definition) is 9. The second kappa shape index (κ2) is 10.7. The van der Waals surface area contributed by atoms with Gasteiger partial charge in [-0.15, -0.1) is 0 Å². The van der Waals surface area contributed by atoms with Crippen LogP contribution < -0.4 is 11.5 Å². The van der Waals surface area contributed by atoms with Gasteiger partial charge in [0.05, 0.1) is 34.6 Å². The first-order valence-electron chi connectivity index (χ1n) is 10.0. The van der Waals surface area contributed by atoms with Crippen LogP contribution in [0, 0.1) is 22.7 Å². The Kier molecular flexibility index (Phi) is 8.19. The van der Waals surface area contributed by atoms with Crippen molar-refractivity contribution in [2.45, 2.75) is 26.4 Å². The van der Waals surface area contributed by atoms with Gasteiger partial charge in [-0.1, -0.05) is 6.07 Å². The van der Waals surface area contributed by atoms with Gasteiger partial charge in [0.2, 0.25) is 0 Å². The fraction of sp³-hybridized carbons (Fsp3) is 0.160. The zero-order chi connectivity index (χ0) is 26.5. The highest BCUT2D eigenvalue weighted by molar-refractivity contribution is 9.10. The Morgan fingerprint density at radius 2 is 1.43 bits per heavy atom. The van der Waals surface area contributed by atoms with Crippen molar-refractivity contribution < 1.29 is 24.9 Å². The third-order valence-corrected chi connectivity index (χ3v) is 5.11. The maximum atomic E-state index is 12.1. The monoisotopic (exact) mass is 538 g/mol. The molecule has 7 N–H and O–H groups in total. The van der Waals surface area contributed by atoms with E-state index in [2.05, 4.69) is 15.9 Å². The Balaban J connectivity index is 0.000000328. The van der Waals surface area contributed by atoms with Gasteiger partial charge in [-0.25, -0.2) is 4.79 Å². The zero-order valence-corrected chi connectivity index (χ0v) is 20.7. The number of nitriles is 2. The summed E-state index contributed by atoms with van der Waals surface area (Å²) < 4.78 is 5.76. The molecule has 0 saturated carbocycles. The van der Waals surface area contributed by atoms with Crippen molar-refractivity contribution in [3.8, 4) is 40.5 Å². The number of anilines is 2. The lowest BCUT2D eigenvalue weighted by Gasteiger charge is -2.20. The minimum absolute atomic E-state index is 0.0212. The highest BCUT2D eigenvalue weighted by atomic mass is 79.9. The number of rotatable bonds is 2. The minimum atomic E-state index is -0.681. The fourth-order valence-corrected chi connectivity index (χ4v) is 3.26. The molecule has 10 heteroatoms. The van der Waals surface area contributed by atoms with Crippen LogP contribution in [0.25, 0.3) is 11.1 Å². The van der Waals surface area contributed by atoms with Crippen molar-refractivity contribution in [1.82, 2.24) is 0 Å². The largest absolute Gasteiger partial charge is 0.507 e. The summed E-state index contributed by atoms with van der Waals surface area (Å²) in [5.74, 6) is -1.22. The number of nitrogens with zero attached hydrogens (tertiary/aromatic N) is 2. The van der Waals surface area contributed by atoms with E-state index in [1.807, 2.05) is 12.1 Å². The summed E-state index contributed by atoms with van der Waals surface area (Å²) in [4.78, 5) is 12.1. The standard InChI is InChI=1S/C18H18N2O4.C7H5BrN2O/c1-18(2,3)24-17(23)12-5-4-11(8-14(12)21)13-6-10(9-19)7-15(22)16(13)20;8-5-1-4(3-9)2-6(11)7(5)10/h4-8,21-22H,20H2,1-3H3;1-2,11H,10H2. The predicted molar refractivity (Wildman–Crippen MR) is 134 cm³/mol. The number of esters is 1. The number of hydrogen-bond donors (Lipinski definition) is 5. The van der Waals surface area contributed by atoms with Crippen molar-refractivity contribution in [1.29, 1.82) is 10.5 Å². The quantitative estimate of drug-likeness (QED) is 0.173. The summed E-state index contributed by atoms with van der Waals surface area (Å²) in [5.41, 5.74) is 12.4. The van der Waals surface area contributed by atoms with E-state index in [0.717, 1.165) is 0 Å². The van der Waals surface area contributed by atoms with Crippen LogP contribution >= 0.6 is 15.9 Å². The van der Waals surface area contributed by atoms with Gasteiger partial charge in [0, 0.05) is 10.0 Å². The smallest absolute Gasteiger partial charge is 0.342 e. The Labute approximate surface area is 210 Å². The molecule has 0 bridgehead atoms. The van der Waals surface area contributed by atoms with Crippen LogP contribution in [0.15, 0.2) is 46.9 Å². The molecule has 0 aromatic heterocycles. The summed E-state index contributed by atoms with van der Waals surface area (Å²) in [7, 11) is 0. The maximum absolute atomic E-state index is 12.1. The van der Waals surface area contributed by atoms with Gasteiger partial charge in [0.15, 0.2) is 0 Å². The number of nitrogen functional groups attached to an aromatic ring is 2. The molecule has 0 aliphatic heterocycles. The van der Waals surface area contributed by atoms with Crippen LogP contribution in [0.5, 0.6) is 17.2 Å². The SMILES string of the molecule is CC(C)(C)OC(=O)c1ccc(-c2cc(C#N)cc(O)c2N)cc1O.N#Cc1cc(O)c(N)c(Br)c1. The number of benzene rings is 3. The van der Waals surface area contributed by atoms with Crippen molar-refractivity contribution >= 4 is 33.3 Å². The normalized spacial score (nSPS) is 10.3. The molecule has 0 amide bonds. The van der Waals surface area contributed by atoms with E-state index in [9.17, 15) is 15.0 Å². The number of halogens is 1. The first-order chi connectivity index (χ1) is 16.3. The van der Waals surface area contributed by atoms with E-state index in [1.54, 1.807) is 32.9 Å². The van der Waals surface area contributed by atoms with Gasteiger partial charge in [-0.05, 0) is 78.7 Å². The first kappa shape index (κ1) is 26.8. The lowest BCUT2D eigenvalue weighted by Crippen LogP contribution is -2.23. The molecule has 3 aromatic rings. The van der Waals surface area contributed by atoms with E-state index in [-0.39, 0.29) is 39.8 Å². The molecule has 0 unspecified atom stereocenters. The van der Waals surface area contributed by atoms with Crippen LogP contribution in [0.2, 0.25) is 0 Å². The van der Waals surface area contributed by atoms with Gasteiger partial charge in [0.25, 0.3) is 0 Å². The second-order valence-electron chi connectivity index (χ2n) is 8.30. The summed E-state index contributed by atoms with van der Waals surface area (Å²) in [6, 6.07) is 13.7. The van der Waals surface area contributed by atoms with Crippen LogP contribution in [0.1, 0.15) is 42.3 Å².